The summed E-state index contributed by atoms with van der Waals surface area (Å²) < 4.78 is 0. The first-order valence-electron chi connectivity index (χ1n) is 1.97. The van der Waals surface area contributed by atoms with Gasteiger partial charge in [-0.15, -0.1) is 0 Å². The van der Waals surface area contributed by atoms with E-state index in [1.807, 2.05) is 0 Å². The fourth-order valence-electron chi connectivity index (χ4n) is 0.165. The Balaban J connectivity index is 0. The second-order valence-corrected chi connectivity index (χ2v) is 0.928. The summed E-state index contributed by atoms with van der Waals surface area (Å²) in [5, 5.41) is 0. The minimum atomic E-state index is -0.345. The zero-order valence-corrected chi connectivity index (χ0v) is 11.3. The molecule has 0 radical (unpaired) electrons. The monoisotopic (exact) mass is 369 g/mol. The van der Waals surface area contributed by atoms with Gasteiger partial charge in [0.05, 0.1) is 0 Å². The summed E-state index contributed by atoms with van der Waals surface area (Å²) in [6.45, 7) is 3.29. The van der Waals surface area contributed by atoms with Crippen LogP contribution in [0.15, 0.2) is 0 Å². The minimum absolute atomic E-state index is 0. The Morgan fingerprint density at radius 1 is 1.88 bits per heavy atom. The summed E-state index contributed by atoms with van der Waals surface area (Å²) in [5.74, 6) is -0.345. The molecule has 3 nitrogen and oxygen atoms in total. The Morgan fingerprint density at radius 2 is 2.38 bits per heavy atom. The van der Waals surface area contributed by atoms with Gasteiger partial charge in [0.1, 0.15) is 0 Å². The molecule has 0 unspecified atom stereocenters. The van der Waals surface area contributed by atoms with Crippen molar-refractivity contribution in [1.29, 1.82) is 0 Å². The summed E-state index contributed by atoms with van der Waals surface area (Å²) in [6, 6.07) is 0. The van der Waals surface area contributed by atoms with Gasteiger partial charge in [-0.25, -0.2) is 0 Å². The molecule has 0 aliphatic rings. The van der Waals surface area contributed by atoms with E-state index in [2.05, 4.69) is 17.2 Å². The van der Waals surface area contributed by atoms with Crippen molar-refractivity contribution in [3.63, 3.8) is 0 Å². The Kier molecular flexibility index (Phi) is 6.56. The van der Waals surface area contributed by atoms with Crippen molar-refractivity contribution in [2.24, 2.45) is 0 Å². The zero-order chi connectivity index (χ0) is 5.70. The van der Waals surface area contributed by atoms with E-state index in [1.54, 1.807) is 0 Å². The molecule has 0 saturated heterocycles. The Bertz CT molecular complexity index is 67.1. The summed E-state index contributed by atoms with van der Waals surface area (Å²) in [7, 11) is 1.52. The average molecular weight is 369 g/mol. The SMILES string of the molecule is [CH2-]CC(=O)ONC.[Rf]. The van der Waals surface area contributed by atoms with Gasteiger partial charge in [0.25, 0.3) is 5.97 Å². The summed E-state index contributed by atoms with van der Waals surface area (Å²) in [4.78, 5) is 14.3. The molecule has 44 valence electrons. The predicted octanol–water partition coefficient (Wildman–Crippen LogP) is -0.112. The smallest absolute Gasteiger partial charge is 0.295 e. The van der Waals surface area contributed by atoms with Crippen LogP contribution in [0.4, 0.5) is 0 Å². The molecule has 0 aliphatic carbocycles. The largest absolute Gasteiger partial charge is 0.374 e. The summed E-state index contributed by atoms with van der Waals surface area (Å²) in [5.41, 5.74) is 2.23. The van der Waals surface area contributed by atoms with E-state index in [-0.39, 0.29) is 12.4 Å². The molecule has 0 aromatic heterocycles. The molecule has 0 rings (SSSR count). The minimum Gasteiger partial charge on any atom is -0.374 e. The van der Waals surface area contributed by atoms with Crippen molar-refractivity contribution < 1.29 is 9.63 Å². The third kappa shape index (κ3) is 4.43. The van der Waals surface area contributed by atoms with Gasteiger partial charge < -0.3 is 11.8 Å². The topological polar surface area (TPSA) is 38.3 Å². The fourth-order valence-corrected chi connectivity index (χ4v) is 0.165. The van der Waals surface area contributed by atoms with Crippen molar-refractivity contribution in [1.82, 2.24) is 5.48 Å². The van der Waals surface area contributed by atoms with E-state index in [4.69, 9.17) is 0 Å². The van der Waals surface area contributed by atoms with E-state index in [9.17, 15) is 4.79 Å². The molecular weight excluding hydrogens is 361 g/mol. The van der Waals surface area contributed by atoms with E-state index < -0.39 is 0 Å². The van der Waals surface area contributed by atoms with Crippen LogP contribution in [0.2, 0.25) is 0 Å². The van der Waals surface area contributed by atoms with E-state index in [1.165, 1.54) is 7.05 Å². The number of hydrogen-bond acceptors (Lipinski definition) is 3. The van der Waals surface area contributed by atoms with Gasteiger partial charge in [0, 0.05) is 7.05 Å². The number of nitrogens with one attached hydrogen (secondary N) is 1. The van der Waals surface area contributed by atoms with Crippen LogP contribution < -0.4 is 5.48 Å². The van der Waals surface area contributed by atoms with Gasteiger partial charge in [0.2, 0.25) is 0 Å². The molecule has 8 heavy (non-hydrogen) atoms. The molecule has 0 amide bonds. The molecule has 0 spiro atoms. The number of rotatable bonds is 2. The third-order valence-electron chi connectivity index (χ3n) is 0.420. The molecule has 0 bridgehead atoms. The number of carbonyl (C=O) groups excluding carboxylic acids is 1. The van der Waals surface area contributed by atoms with Crippen LogP contribution in [0.5, 0.6) is 0 Å². The van der Waals surface area contributed by atoms with Crippen molar-refractivity contribution >= 4 is 5.97 Å². The maximum atomic E-state index is 10.1. The molecule has 0 aliphatic heterocycles. The van der Waals surface area contributed by atoms with Crippen LogP contribution >= 0.6 is 0 Å². The molecule has 0 saturated carbocycles. The second-order valence-electron chi connectivity index (χ2n) is 0.928. The van der Waals surface area contributed by atoms with Gasteiger partial charge in [-0.2, -0.15) is 5.48 Å². The van der Waals surface area contributed by atoms with E-state index in [0.29, 0.717) is 0 Å². The molecular formula is C4H8NO2Rf-. The fraction of sp³-hybridized carbons (Fsp3) is 0.500. The maximum absolute atomic E-state index is 10.1. The Hall–Kier alpha value is -1.57. The van der Waals surface area contributed by atoms with Crippen molar-refractivity contribution in [3.8, 4) is 0 Å². The van der Waals surface area contributed by atoms with Crippen LogP contribution in [0.25, 0.3) is 0 Å². The first-order chi connectivity index (χ1) is 3.31. The van der Waals surface area contributed by atoms with Crippen LogP contribution in [-0.4, -0.2) is 13.0 Å². The van der Waals surface area contributed by atoms with Crippen LogP contribution in [-0.2, 0) is 9.63 Å². The zero-order valence-electron chi connectivity index (χ0n) is 4.94. The average Bonchev–Trinajstić information content (AvgIpc) is 1.68. The van der Waals surface area contributed by atoms with Crippen LogP contribution in [0.3, 0.4) is 0 Å². The molecule has 0 heterocycles. The van der Waals surface area contributed by atoms with Gasteiger partial charge in [-0.05, 0) is 0 Å². The maximum Gasteiger partial charge on any atom is 0.295 e. The van der Waals surface area contributed by atoms with Crippen molar-refractivity contribution in [2.45, 2.75) is 6.42 Å². The number of carbonyl (C=O) groups is 1. The van der Waals surface area contributed by atoms with Gasteiger partial charge >= 0.3 is 0 Å². The number of hydrogen-bond donors (Lipinski definition) is 1. The molecule has 4 heteroatoms. The second kappa shape index (κ2) is 5.43. The van der Waals surface area contributed by atoms with Gasteiger partial charge in [-0.1, -0.05) is 6.42 Å². The standard InChI is InChI=1S/C4H8NO2.Rf/c1-3-4(6)7-5-2;/h5H,1,3H2,2H3;/q-1;. The van der Waals surface area contributed by atoms with E-state index in [0.717, 1.165) is 0 Å². The Morgan fingerprint density at radius 3 is 2.50 bits per heavy atom. The predicted molar refractivity (Wildman–Crippen MR) is 25.1 cm³/mol. The van der Waals surface area contributed by atoms with E-state index >= 15 is 0 Å². The molecule has 0 aromatic rings. The molecule has 0 fully saturated rings. The first-order valence-corrected chi connectivity index (χ1v) is 1.97. The van der Waals surface area contributed by atoms with Crippen molar-refractivity contribution in [2.75, 3.05) is 7.05 Å². The van der Waals surface area contributed by atoms with Crippen LogP contribution in [0, 0.1) is 6.92 Å². The summed E-state index contributed by atoms with van der Waals surface area (Å²) in [6.07, 6.45) is 0.167. The van der Waals surface area contributed by atoms with Gasteiger partial charge in [0.15, 0.2) is 0 Å². The first kappa shape index (κ1) is 9.66. The quantitative estimate of drug-likeness (QED) is 0.546. The normalized spacial score (nSPS) is 7.25. The molecule has 1 N–H and O–H groups in total. The molecule has 0 aromatic carbocycles. The Labute approximate surface area is 42.6 Å². The number of hydroxylamine groups is 1. The third-order valence-corrected chi connectivity index (χ3v) is 0.420. The van der Waals surface area contributed by atoms with Crippen molar-refractivity contribution in [3.05, 3.63) is 6.92 Å². The molecule has 0 atom stereocenters. The summed E-state index contributed by atoms with van der Waals surface area (Å²) >= 11 is 0. The van der Waals surface area contributed by atoms with Gasteiger partial charge in [-0.3, -0.25) is 4.79 Å². The van der Waals surface area contributed by atoms with Crippen LogP contribution in [0.1, 0.15) is 6.42 Å².